The highest BCUT2D eigenvalue weighted by molar-refractivity contribution is 14.0. The summed E-state index contributed by atoms with van der Waals surface area (Å²) in [6.45, 7) is 4.64. The van der Waals surface area contributed by atoms with Gasteiger partial charge in [-0.2, -0.15) is 13.2 Å². The molecule has 25 heavy (non-hydrogen) atoms. The zero-order valence-electron chi connectivity index (χ0n) is 15.4. The van der Waals surface area contributed by atoms with Crippen LogP contribution in [0.4, 0.5) is 13.2 Å². The molecule has 4 nitrogen and oxygen atoms in total. The first-order valence-corrected chi connectivity index (χ1v) is 9.05. The van der Waals surface area contributed by atoms with Gasteiger partial charge in [-0.1, -0.05) is 13.8 Å². The number of nitrogens with one attached hydrogen (secondary N) is 2. The zero-order valence-corrected chi connectivity index (χ0v) is 17.7. The number of likely N-dealkylation sites (tertiary alicyclic amines) is 1. The number of guanidine groups is 1. The molecule has 2 N–H and O–H groups in total. The smallest absolute Gasteiger partial charge is 0.354 e. The van der Waals surface area contributed by atoms with Crippen LogP contribution in [0.1, 0.15) is 46.0 Å². The normalized spacial score (nSPS) is 28.8. The van der Waals surface area contributed by atoms with Crippen LogP contribution < -0.4 is 10.6 Å². The highest BCUT2D eigenvalue weighted by Crippen LogP contribution is 2.29. The highest BCUT2D eigenvalue weighted by Gasteiger charge is 2.34. The highest BCUT2D eigenvalue weighted by atomic mass is 127. The second-order valence-electron chi connectivity index (χ2n) is 7.55. The van der Waals surface area contributed by atoms with Crippen molar-refractivity contribution in [2.45, 2.75) is 64.2 Å². The fourth-order valence-electron chi connectivity index (χ4n) is 3.84. The van der Waals surface area contributed by atoms with Crippen molar-refractivity contribution >= 4 is 29.9 Å². The Hall–Kier alpha value is -0.250. The third-order valence-electron chi connectivity index (χ3n) is 5.30. The van der Waals surface area contributed by atoms with Crippen molar-refractivity contribution in [2.75, 3.05) is 26.7 Å². The molecule has 2 aliphatic rings. The van der Waals surface area contributed by atoms with E-state index in [0.717, 1.165) is 37.1 Å². The molecule has 1 unspecified atom stereocenters. The van der Waals surface area contributed by atoms with Crippen molar-refractivity contribution in [3.8, 4) is 0 Å². The van der Waals surface area contributed by atoms with E-state index < -0.39 is 12.7 Å². The Morgan fingerprint density at radius 2 is 1.68 bits per heavy atom. The number of alkyl halides is 3. The fourth-order valence-corrected chi connectivity index (χ4v) is 3.84. The molecule has 1 saturated carbocycles. The Morgan fingerprint density at radius 1 is 1.08 bits per heavy atom. The van der Waals surface area contributed by atoms with Crippen molar-refractivity contribution in [3.05, 3.63) is 0 Å². The fraction of sp³-hybridized carbons (Fsp3) is 0.941. The standard InChI is InChI=1S/C17H31F3N4.HI/c1-12(2)13-4-6-14(7-5-13)22-16(21-3)23-15-8-9-24(10-15)11-17(18,19)20;/h12-15H,4-11H2,1-3H3,(H2,21,22,23);1H. The number of hydrogen-bond acceptors (Lipinski definition) is 2. The van der Waals surface area contributed by atoms with Gasteiger partial charge in [0.05, 0.1) is 6.54 Å². The summed E-state index contributed by atoms with van der Waals surface area (Å²) < 4.78 is 37.4. The topological polar surface area (TPSA) is 39.7 Å². The minimum atomic E-state index is -4.12. The maximum Gasteiger partial charge on any atom is 0.401 e. The van der Waals surface area contributed by atoms with Crippen molar-refractivity contribution in [2.24, 2.45) is 16.8 Å². The molecule has 0 radical (unpaired) electrons. The second-order valence-corrected chi connectivity index (χ2v) is 7.55. The van der Waals surface area contributed by atoms with Gasteiger partial charge in [-0.05, 0) is 43.9 Å². The minimum absolute atomic E-state index is 0. The van der Waals surface area contributed by atoms with E-state index in [1.54, 1.807) is 7.05 Å². The first kappa shape index (κ1) is 22.8. The SMILES string of the molecule is CN=C(NC1CCC(C(C)C)CC1)NC1CCN(CC(F)(F)F)C1.I. The van der Waals surface area contributed by atoms with E-state index in [1.165, 1.54) is 17.7 Å². The Balaban J connectivity index is 0.00000312. The molecule has 1 aliphatic heterocycles. The van der Waals surface area contributed by atoms with E-state index in [0.29, 0.717) is 19.1 Å². The van der Waals surface area contributed by atoms with Crippen LogP contribution in [0.2, 0.25) is 0 Å². The first-order chi connectivity index (χ1) is 11.3. The molecule has 0 aromatic carbocycles. The minimum Gasteiger partial charge on any atom is -0.354 e. The summed E-state index contributed by atoms with van der Waals surface area (Å²) in [4.78, 5) is 5.71. The van der Waals surface area contributed by atoms with Crippen LogP contribution in [0, 0.1) is 11.8 Å². The van der Waals surface area contributed by atoms with Gasteiger partial charge < -0.3 is 10.6 Å². The summed E-state index contributed by atoms with van der Waals surface area (Å²) in [6.07, 6.45) is 1.33. The van der Waals surface area contributed by atoms with Gasteiger partial charge in [-0.25, -0.2) is 0 Å². The molecule has 2 fully saturated rings. The monoisotopic (exact) mass is 476 g/mol. The van der Waals surface area contributed by atoms with Crippen LogP contribution in [0.25, 0.3) is 0 Å². The van der Waals surface area contributed by atoms with Gasteiger partial charge in [0, 0.05) is 32.2 Å². The molecule has 0 spiro atoms. The van der Waals surface area contributed by atoms with Crippen molar-refractivity contribution in [1.29, 1.82) is 0 Å². The lowest BCUT2D eigenvalue weighted by Gasteiger charge is -2.32. The third kappa shape index (κ3) is 7.88. The maximum atomic E-state index is 12.5. The van der Waals surface area contributed by atoms with Gasteiger partial charge in [0.1, 0.15) is 0 Å². The van der Waals surface area contributed by atoms with Gasteiger partial charge in [-0.3, -0.25) is 9.89 Å². The average Bonchev–Trinajstić information content (AvgIpc) is 2.92. The number of halogens is 4. The van der Waals surface area contributed by atoms with Crippen LogP contribution in [0.15, 0.2) is 4.99 Å². The molecule has 1 heterocycles. The largest absolute Gasteiger partial charge is 0.401 e. The lowest BCUT2D eigenvalue weighted by molar-refractivity contribution is -0.143. The van der Waals surface area contributed by atoms with E-state index in [2.05, 4.69) is 29.5 Å². The molecule has 0 aromatic rings. The van der Waals surface area contributed by atoms with Crippen molar-refractivity contribution < 1.29 is 13.2 Å². The number of aliphatic imine (C=N–C) groups is 1. The summed E-state index contributed by atoms with van der Waals surface area (Å²) in [7, 11) is 1.72. The third-order valence-corrected chi connectivity index (χ3v) is 5.30. The summed E-state index contributed by atoms with van der Waals surface area (Å²) in [5.74, 6) is 2.27. The summed E-state index contributed by atoms with van der Waals surface area (Å²) in [5.41, 5.74) is 0. The van der Waals surface area contributed by atoms with Crippen LogP contribution in [0.5, 0.6) is 0 Å². The summed E-state index contributed by atoms with van der Waals surface area (Å²) >= 11 is 0. The lowest BCUT2D eigenvalue weighted by Crippen LogP contribution is -2.49. The molecule has 1 atom stereocenters. The Kier molecular flexibility index (Phi) is 9.28. The molecule has 0 amide bonds. The van der Waals surface area contributed by atoms with Crippen LogP contribution in [-0.2, 0) is 0 Å². The molecule has 1 aliphatic carbocycles. The van der Waals surface area contributed by atoms with Crippen LogP contribution in [0.3, 0.4) is 0 Å². The van der Waals surface area contributed by atoms with E-state index in [1.807, 2.05) is 0 Å². The molecule has 0 bridgehead atoms. The zero-order chi connectivity index (χ0) is 17.7. The number of rotatable bonds is 4. The van der Waals surface area contributed by atoms with Crippen LogP contribution in [-0.4, -0.2) is 55.8 Å². The van der Waals surface area contributed by atoms with Gasteiger partial charge in [0.2, 0.25) is 0 Å². The molecule has 148 valence electrons. The Morgan fingerprint density at radius 3 is 2.20 bits per heavy atom. The summed E-state index contributed by atoms with van der Waals surface area (Å²) in [6, 6.07) is 0.449. The van der Waals surface area contributed by atoms with Gasteiger partial charge in [0.15, 0.2) is 5.96 Å². The van der Waals surface area contributed by atoms with E-state index >= 15 is 0 Å². The van der Waals surface area contributed by atoms with Crippen molar-refractivity contribution in [1.82, 2.24) is 15.5 Å². The predicted octanol–water partition coefficient (Wildman–Crippen LogP) is 3.62. The summed E-state index contributed by atoms with van der Waals surface area (Å²) in [5, 5.41) is 6.75. The number of hydrogen-bond donors (Lipinski definition) is 2. The van der Waals surface area contributed by atoms with Gasteiger partial charge in [-0.15, -0.1) is 24.0 Å². The lowest BCUT2D eigenvalue weighted by atomic mass is 9.80. The molecule has 0 aromatic heterocycles. The molecule has 8 heteroatoms. The molecular formula is C17H32F3IN4. The number of nitrogens with zero attached hydrogens (tertiary/aromatic N) is 2. The van der Waals surface area contributed by atoms with Gasteiger partial charge in [0.25, 0.3) is 0 Å². The molecule has 1 saturated heterocycles. The molecular weight excluding hydrogens is 444 g/mol. The first-order valence-electron chi connectivity index (χ1n) is 9.05. The van der Waals surface area contributed by atoms with E-state index in [-0.39, 0.29) is 30.0 Å². The second kappa shape index (κ2) is 10.2. The Labute approximate surface area is 166 Å². The van der Waals surface area contributed by atoms with Gasteiger partial charge >= 0.3 is 6.18 Å². The maximum absolute atomic E-state index is 12.5. The quantitative estimate of drug-likeness (QED) is 0.370. The van der Waals surface area contributed by atoms with Crippen molar-refractivity contribution in [3.63, 3.8) is 0 Å². The van der Waals surface area contributed by atoms with Crippen LogP contribution >= 0.6 is 24.0 Å². The predicted molar refractivity (Wildman–Crippen MR) is 107 cm³/mol. The average molecular weight is 476 g/mol. The molecule has 2 rings (SSSR count). The van der Waals surface area contributed by atoms with E-state index in [9.17, 15) is 13.2 Å². The van der Waals surface area contributed by atoms with E-state index in [4.69, 9.17) is 0 Å². The Bertz CT molecular complexity index is 421.